The molecule has 0 rings (SSSR count). The number of rotatable bonds is 10. The van der Waals surface area contributed by atoms with E-state index in [2.05, 4.69) is 46.9 Å². The maximum Gasteiger partial charge on any atom is 0.0610 e. The summed E-state index contributed by atoms with van der Waals surface area (Å²) in [5.41, 5.74) is -0.155. The average molecular weight is 259 g/mol. The van der Waals surface area contributed by atoms with Crippen molar-refractivity contribution in [1.82, 2.24) is 5.32 Å². The zero-order chi connectivity index (χ0) is 14.2. The molecule has 3 nitrogen and oxygen atoms in total. The molecule has 0 aliphatic rings. The fourth-order valence-electron chi connectivity index (χ4n) is 1.97. The summed E-state index contributed by atoms with van der Waals surface area (Å²) in [5.74, 6) is 0.579. The Morgan fingerprint density at radius 2 is 1.72 bits per heavy atom. The van der Waals surface area contributed by atoms with Crippen molar-refractivity contribution >= 4 is 0 Å². The van der Waals surface area contributed by atoms with Gasteiger partial charge >= 0.3 is 0 Å². The molecule has 0 aliphatic carbocycles. The van der Waals surface area contributed by atoms with Crippen molar-refractivity contribution in [2.75, 3.05) is 13.2 Å². The molecular weight excluding hydrogens is 226 g/mol. The van der Waals surface area contributed by atoms with E-state index < -0.39 is 0 Å². The largest absolute Gasteiger partial charge is 0.394 e. The molecule has 0 aromatic carbocycles. The maximum atomic E-state index is 9.46. The second kappa shape index (κ2) is 8.89. The predicted octanol–water partition coefficient (Wildman–Crippen LogP) is 2.97. The summed E-state index contributed by atoms with van der Waals surface area (Å²) in [5, 5.41) is 12.9. The molecule has 0 aromatic heterocycles. The lowest BCUT2D eigenvalue weighted by Crippen LogP contribution is -2.49. The van der Waals surface area contributed by atoms with Crippen molar-refractivity contribution in [3.63, 3.8) is 0 Å². The second-order valence-corrected chi connectivity index (χ2v) is 6.29. The Kier molecular flexibility index (Phi) is 8.83. The zero-order valence-electron chi connectivity index (χ0n) is 13.1. The number of ether oxygens (including phenoxy) is 1. The predicted molar refractivity (Wildman–Crippen MR) is 77.9 cm³/mol. The highest BCUT2D eigenvalue weighted by Gasteiger charge is 2.22. The third kappa shape index (κ3) is 8.06. The van der Waals surface area contributed by atoms with Gasteiger partial charge in [-0.1, -0.05) is 27.7 Å². The summed E-state index contributed by atoms with van der Waals surface area (Å²) < 4.78 is 5.75. The zero-order valence-corrected chi connectivity index (χ0v) is 13.1. The van der Waals surface area contributed by atoms with E-state index in [4.69, 9.17) is 4.74 Å². The van der Waals surface area contributed by atoms with Crippen LogP contribution in [0.5, 0.6) is 0 Å². The number of aliphatic hydroxyl groups excluding tert-OH is 1. The minimum absolute atomic E-state index is 0.155. The maximum absolute atomic E-state index is 9.46. The van der Waals surface area contributed by atoms with Crippen molar-refractivity contribution in [3.8, 4) is 0 Å². The first-order valence-corrected chi connectivity index (χ1v) is 7.31. The van der Waals surface area contributed by atoms with Crippen LogP contribution < -0.4 is 5.32 Å². The summed E-state index contributed by atoms with van der Waals surface area (Å²) >= 11 is 0. The molecule has 0 amide bonds. The molecule has 0 radical (unpaired) electrons. The second-order valence-electron chi connectivity index (χ2n) is 6.29. The van der Waals surface area contributed by atoms with Gasteiger partial charge in [0, 0.05) is 18.2 Å². The van der Waals surface area contributed by atoms with E-state index in [0.29, 0.717) is 18.1 Å². The molecule has 2 N–H and O–H groups in total. The van der Waals surface area contributed by atoms with Crippen LogP contribution in [0.1, 0.15) is 60.8 Å². The van der Waals surface area contributed by atoms with Crippen LogP contribution in [0, 0.1) is 5.92 Å². The van der Waals surface area contributed by atoms with Crippen LogP contribution in [0.15, 0.2) is 0 Å². The fraction of sp³-hybridized carbons (Fsp3) is 1.00. The molecule has 2 atom stereocenters. The number of unbranched alkanes of at least 4 members (excludes halogenated alkanes) is 1. The van der Waals surface area contributed by atoms with Gasteiger partial charge < -0.3 is 15.2 Å². The molecule has 110 valence electrons. The molecule has 3 heteroatoms. The van der Waals surface area contributed by atoms with Crippen molar-refractivity contribution in [3.05, 3.63) is 0 Å². The third-order valence-electron chi connectivity index (χ3n) is 3.43. The first kappa shape index (κ1) is 17.9. The van der Waals surface area contributed by atoms with Gasteiger partial charge in [0.25, 0.3) is 0 Å². The summed E-state index contributed by atoms with van der Waals surface area (Å²) in [6, 6.07) is 0.402. The van der Waals surface area contributed by atoms with Crippen LogP contribution in [0.4, 0.5) is 0 Å². The molecule has 0 aromatic rings. The molecular formula is C15H33NO2. The van der Waals surface area contributed by atoms with Crippen molar-refractivity contribution in [2.45, 2.75) is 78.5 Å². The molecule has 0 bridgehead atoms. The highest BCUT2D eigenvalue weighted by atomic mass is 16.5. The molecule has 0 heterocycles. The van der Waals surface area contributed by atoms with Crippen molar-refractivity contribution in [1.29, 1.82) is 0 Å². The van der Waals surface area contributed by atoms with Gasteiger partial charge in [-0.2, -0.15) is 0 Å². The summed E-state index contributed by atoms with van der Waals surface area (Å²) in [6.07, 6.45) is 3.47. The van der Waals surface area contributed by atoms with Gasteiger partial charge in [-0.15, -0.1) is 0 Å². The lowest BCUT2D eigenvalue weighted by molar-refractivity contribution is 0.0317. The summed E-state index contributed by atoms with van der Waals surface area (Å²) in [4.78, 5) is 0. The van der Waals surface area contributed by atoms with Crippen LogP contribution in [0.25, 0.3) is 0 Å². The Labute approximate surface area is 113 Å². The molecule has 2 unspecified atom stereocenters. The minimum atomic E-state index is -0.155. The van der Waals surface area contributed by atoms with E-state index in [0.717, 1.165) is 25.9 Å². The Morgan fingerprint density at radius 1 is 1.11 bits per heavy atom. The van der Waals surface area contributed by atoms with E-state index in [-0.39, 0.29) is 12.1 Å². The lowest BCUT2D eigenvalue weighted by atomic mass is 9.95. The quantitative estimate of drug-likeness (QED) is 0.593. The molecule has 0 aliphatic heterocycles. The van der Waals surface area contributed by atoms with Crippen LogP contribution in [0.3, 0.4) is 0 Å². The molecule has 0 saturated heterocycles. The van der Waals surface area contributed by atoms with Crippen LogP contribution in [-0.2, 0) is 4.74 Å². The van der Waals surface area contributed by atoms with Crippen LogP contribution >= 0.6 is 0 Å². The van der Waals surface area contributed by atoms with E-state index in [1.165, 1.54) is 0 Å². The van der Waals surface area contributed by atoms with Crippen LogP contribution in [0.2, 0.25) is 0 Å². The smallest absolute Gasteiger partial charge is 0.0610 e. The number of aliphatic hydroxyl groups is 1. The molecule has 0 fully saturated rings. The molecule has 0 saturated carbocycles. The molecule has 0 spiro atoms. The van der Waals surface area contributed by atoms with Gasteiger partial charge in [0.05, 0.1) is 12.7 Å². The highest BCUT2D eigenvalue weighted by molar-refractivity contribution is 4.83. The Bertz CT molecular complexity index is 207. The summed E-state index contributed by atoms with van der Waals surface area (Å²) in [6.45, 7) is 13.8. The lowest BCUT2D eigenvalue weighted by Gasteiger charge is -2.31. The standard InChI is InChI=1S/C15H33NO2/c1-12(2)14(5)18-10-8-7-9-15(6,11-17)16-13(3)4/h12-14,16-17H,7-11H2,1-6H3. The SMILES string of the molecule is CC(C)NC(C)(CO)CCCCOC(C)C(C)C. The highest BCUT2D eigenvalue weighted by Crippen LogP contribution is 2.15. The Balaban J connectivity index is 3.75. The number of nitrogens with one attached hydrogen (secondary N) is 1. The minimum Gasteiger partial charge on any atom is -0.394 e. The van der Waals surface area contributed by atoms with Crippen LogP contribution in [-0.4, -0.2) is 36.0 Å². The first-order chi connectivity index (χ1) is 8.30. The average Bonchev–Trinajstić information content (AvgIpc) is 2.27. The van der Waals surface area contributed by atoms with Gasteiger partial charge in [0.15, 0.2) is 0 Å². The third-order valence-corrected chi connectivity index (χ3v) is 3.43. The van der Waals surface area contributed by atoms with Gasteiger partial charge in [-0.25, -0.2) is 0 Å². The van der Waals surface area contributed by atoms with E-state index >= 15 is 0 Å². The Morgan fingerprint density at radius 3 is 2.17 bits per heavy atom. The summed E-state index contributed by atoms with van der Waals surface area (Å²) in [7, 11) is 0. The van der Waals surface area contributed by atoms with Crippen molar-refractivity contribution in [2.24, 2.45) is 5.92 Å². The number of hydrogen-bond acceptors (Lipinski definition) is 3. The first-order valence-electron chi connectivity index (χ1n) is 7.31. The van der Waals surface area contributed by atoms with Crippen molar-refractivity contribution < 1.29 is 9.84 Å². The van der Waals surface area contributed by atoms with E-state index in [1.807, 2.05) is 0 Å². The monoisotopic (exact) mass is 259 g/mol. The normalized spacial score (nSPS) is 17.2. The number of hydrogen-bond donors (Lipinski definition) is 2. The van der Waals surface area contributed by atoms with Gasteiger partial charge in [-0.3, -0.25) is 0 Å². The molecule has 18 heavy (non-hydrogen) atoms. The van der Waals surface area contributed by atoms with Gasteiger partial charge in [-0.05, 0) is 39.0 Å². The van der Waals surface area contributed by atoms with E-state index in [1.54, 1.807) is 0 Å². The Hall–Kier alpha value is -0.120. The van der Waals surface area contributed by atoms with Gasteiger partial charge in [0.2, 0.25) is 0 Å². The topological polar surface area (TPSA) is 41.5 Å². The van der Waals surface area contributed by atoms with E-state index in [9.17, 15) is 5.11 Å². The van der Waals surface area contributed by atoms with Gasteiger partial charge in [0.1, 0.15) is 0 Å². The fourth-order valence-corrected chi connectivity index (χ4v) is 1.97.